The molecule has 0 aromatic heterocycles. The molecule has 1 amide bonds. The molecule has 5 heteroatoms. The number of benzene rings is 1. The molecule has 0 radical (unpaired) electrons. The van der Waals surface area contributed by atoms with Crippen LogP contribution in [0.3, 0.4) is 0 Å². The molecule has 1 aromatic rings. The number of methoxy groups -OCH3 is 1. The van der Waals surface area contributed by atoms with E-state index in [0.29, 0.717) is 0 Å². The van der Waals surface area contributed by atoms with Crippen LogP contribution in [0.4, 0.5) is 5.69 Å². The second-order valence-corrected chi connectivity index (χ2v) is 5.06. The molecule has 3 atom stereocenters. The van der Waals surface area contributed by atoms with Crippen LogP contribution in [0, 0.1) is 5.92 Å². The van der Waals surface area contributed by atoms with Gasteiger partial charge in [-0.2, -0.15) is 0 Å². The summed E-state index contributed by atoms with van der Waals surface area (Å²) >= 11 is 0. The maximum atomic E-state index is 12.1. The van der Waals surface area contributed by atoms with Crippen molar-refractivity contribution in [3.05, 3.63) is 29.8 Å². The first-order chi connectivity index (χ1) is 9.58. The van der Waals surface area contributed by atoms with Crippen LogP contribution in [-0.2, 0) is 14.3 Å². The number of carbonyl (C=O) groups is 2. The SMILES string of the molecule is CCC(C)C(NC1C(=O)Nc2ccccc21)C(=O)OC. The van der Waals surface area contributed by atoms with Gasteiger partial charge in [-0.25, -0.2) is 0 Å². The molecule has 1 aliphatic rings. The van der Waals surface area contributed by atoms with Gasteiger partial charge in [0, 0.05) is 11.3 Å². The second kappa shape index (κ2) is 6.05. The molecule has 0 saturated carbocycles. The fourth-order valence-electron chi connectivity index (χ4n) is 2.38. The van der Waals surface area contributed by atoms with Gasteiger partial charge in [0.1, 0.15) is 12.1 Å². The number of hydrogen-bond donors (Lipinski definition) is 2. The van der Waals surface area contributed by atoms with Crippen molar-refractivity contribution in [3.8, 4) is 0 Å². The molecule has 0 saturated heterocycles. The number of amides is 1. The molecule has 0 bridgehead atoms. The molecule has 0 fully saturated rings. The molecule has 0 spiro atoms. The molecule has 3 unspecified atom stereocenters. The monoisotopic (exact) mass is 276 g/mol. The van der Waals surface area contributed by atoms with Gasteiger partial charge in [-0.15, -0.1) is 0 Å². The van der Waals surface area contributed by atoms with E-state index in [-0.39, 0.29) is 17.8 Å². The standard InChI is InChI=1S/C15H20N2O3/c1-4-9(2)12(15(19)20-3)17-13-10-7-5-6-8-11(10)16-14(13)18/h5-9,12-13,17H,4H2,1-3H3,(H,16,18). The lowest BCUT2D eigenvalue weighted by atomic mass is 9.97. The summed E-state index contributed by atoms with van der Waals surface area (Å²) in [7, 11) is 1.36. The minimum atomic E-state index is -0.510. The van der Waals surface area contributed by atoms with Crippen LogP contribution < -0.4 is 10.6 Å². The molecule has 1 aliphatic heterocycles. The van der Waals surface area contributed by atoms with Crippen LogP contribution in [0.15, 0.2) is 24.3 Å². The predicted octanol–water partition coefficient (Wildman–Crippen LogP) is 1.86. The minimum Gasteiger partial charge on any atom is -0.468 e. The van der Waals surface area contributed by atoms with E-state index in [1.165, 1.54) is 7.11 Å². The second-order valence-electron chi connectivity index (χ2n) is 5.06. The number of nitrogens with one attached hydrogen (secondary N) is 2. The Hall–Kier alpha value is -1.88. The van der Waals surface area contributed by atoms with Gasteiger partial charge < -0.3 is 10.1 Å². The zero-order chi connectivity index (χ0) is 14.7. The average Bonchev–Trinajstić information content (AvgIpc) is 2.78. The van der Waals surface area contributed by atoms with Crippen molar-refractivity contribution in [2.45, 2.75) is 32.4 Å². The van der Waals surface area contributed by atoms with Crippen molar-refractivity contribution in [1.82, 2.24) is 5.32 Å². The summed E-state index contributed by atoms with van der Waals surface area (Å²) in [4.78, 5) is 24.0. The van der Waals surface area contributed by atoms with E-state index in [4.69, 9.17) is 4.74 Å². The highest BCUT2D eigenvalue weighted by atomic mass is 16.5. The van der Waals surface area contributed by atoms with Crippen molar-refractivity contribution >= 4 is 17.6 Å². The van der Waals surface area contributed by atoms with Gasteiger partial charge in [0.2, 0.25) is 5.91 Å². The number of hydrogen-bond acceptors (Lipinski definition) is 4. The van der Waals surface area contributed by atoms with Crippen molar-refractivity contribution in [2.75, 3.05) is 12.4 Å². The van der Waals surface area contributed by atoms with Crippen LogP contribution in [-0.4, -0.2) is 25.0 Å². The van der Waals surface area contributed by atoms with Gasteiger partial charge in [-0.3, -0.25) is 14.9 Å². The first-order valence-corrected chi connectivity index (χ1v) is 6.82. The quantitative estimate of drug-likeness (QED) is 0.806. The molecule has 5 nitrogen and oxygen atoms in total. The first-order valence-electron chi connectivity index (χ1n) is 6.82. The van der Waals surface area contributed by atoms with Crippen LogP contribution in [0.1, 0.15) is 31.9 Å². The van der Waals surface area contributed by atoms with E-state index in [9.17, 15) is 9.59 Å². The van der Waals surface area contributed by atoms with Crippen LogP contribution >= 0.6 is 0 Å². The van der Waals surface area contributed by atoms with Gasteiger partial charge >= 0.3 is 5.97 Å². The summed E-state index contributed by atoms with van der Waals surface area (Å²) < 4.78 is 4.84. The number of para-hydroxylation sites is 1. The van der Waals surface area contributed by atoms with Crippen LogP contribution in [0.5, 0.6) is 0 Å². The molecule has 20 heavy (non-hydrogen) atoms. The Morgan fingerprint density at radius 1 is 1.45 bits per heavy atom. The Morgan fingerprint density at radius 3 is 2.80 bits per heavy atom. The molecule has 2 rings (SSSR count). The summed E-state index contributed by atoms with van der Waals surface area (Å²) in [6.45, 7) is 3.97. The van der Waals surface area contributed by atoms with Gasteiger partial charge in [0.15, 0.2) is 0 Å². The summed E-state index contributed by atoms with van der Waals surface area (Å²) in [6, 6.07) is 6.48. The highest BCUT2D eigenvalue weighted by Crippen LogP contribution is 2.31. The molecule has 0 aliphatic carbocycles. The third kappa shape index (κ3) is 2.67. The molecule has 108 valence electrons. The largest absolute Gasteiger partial charge is 0.468 e. The third-order valence-electron chi connectivity index (χ3n) is 3.81. The van der Waals surface area contributed by atoms with Crippen molar-refractivity contribution < 1.29 is 14.3 Å². The number of anilines is 1. The van der Waals surface area contributed by atoms with Gasteiger partial charge in [-0.05, 0) is 12.0 Å². The van der Waals surface area contributed by atoms with Crippen LogP contribution in [0.25, 0.3) is 0 Å². The number of esters is 1. The minimum absolute atomic E-state index is 0.0861. The van der Waals surface area contributed by atoms with E-state index < -0.39 is 12.1 Å². The van der Waals surface area contributed by atoms with E-state index in [2.05, 4.69) is 10.6 Å². The maximum Gasteiger partial charge on any atom is 0.323 e. The van der Waals surface area contributed by atoms with E-state index in [1.807, 2.05) is 38.1 Å². The van der Waals surface area contributed by atoms with E-state index in [1.54, 1.807) is 0 Å². The predicted molar refractivity (Wildman–Crippen MR) is 76.2 cm³/mol. The number of carbonyl (C=O) groups excluding carboxylic acids is 2. The van der Waals surface area contributed by atoms with Gasteiger partial charge in [0.05, 0.1) is 7.11 Å². The van der Waals surface area contributed by atoms with Crippen LogP contribution in [0.2, 0.25) is 0 Å². The van der Waals surface area contributed by atoms with Gasteiger partial charge in [-0.1, -0.05) is 38.5 Å². The van der Waals surface area contributed by atoms with E-state index in [0.717, 1.165) is 17.7 Å². The first kappa shape index (κ1) is 14.5. The summed E-state index contributed by atoms with van der Waals surface area (Å²) in [5.41, 5.74) is 1.66. The van der Waals surface area contributed by atoms with Gasteiger partial charge in [0.25, 0.3) is 0 Å². The molecular weight excluding hydrogens is 256 g/mol. The zero-order valence-corrected chi connectivity index (χ0v) is 12.0. The highest BCUT2D eigenvalue weighted by molar-refractivity contribution is 6.02. The summed E-state index contributed by atoms with van der Waals surface area (Å²) in [6.07, 6.45) is 0.822. The Kier molecular flexibility index (Phi) is 4.39. The fourth-order valence-corrected chi connectivity index (χ4v) is 2.38. The van der Waals surface area contributed by atoms with Crippen molar-refractivity contribution in [3.63, 3.8) is 0 Å². The fraction of sp³-hybridized carbons (Fsp3) is 0.467. The zero-order valence-electron chi connectivity index (χ0n) is 12.0. The molecule has 1 aromatic carbocycles. The lowest BCUT2D eigenvalue weighted by Gasteiger charge is -2.24. The lowest BCUT2D eigenvalue weighted by Crippen LogP contribution is -2.46. The number of ether oxygens (including phenoxy) is 1. The third-order valence-corrected chi connectivity index (χ3v) is 3.81. The van der Waals surface area contributed by atoms with Crippen molar-refractivity contribution in [1.29, 1.82) is 0 Å². The maximum absolute atomic E-state index is 12.1. The Balaban J connectivity index is 2.23. The smallest absolute Gasteiger partial charge is 0.323 e. The average molecular weight is 276 g/mol. The number of fused-ring (bicyclic) bond motifs is 1. The molecule has 1 heterocycles. The highest BCUT2D eigenvalue weighted by Gasteiger charge is 2.35. The number of rotatable bonds is 5. The molecular formula is C15H20N2O3. The Morgan fingerprint density at radius 2 is 2.15 bits per heavy atom. The Bertz CT molecular complexity index is 516. The molecule has 2 N–H and O–H groups in total. The Labute approximate surface area is 118 Å². The topological polar surface area (TPSA) is 67.4 Å². The lowest BCUT2D eigenvalue weighted by molar-refractivity contribution is -0.145. The van der Waals surface area contributed by atoms with Crippen molar-refractivity contribution in [2.24, 2.45) is 5.92 Å². The summed E-state index contributed by atoms with van der Waals surface area (Å²) in [5, 5.41) is 5.95. The van der Waals surface area contributed by atoms with E-state index >= 15 is 0 Å². The summed E-state index contributed by atoms with van der Waals surface area (Å²) in [5.74, 6) is -0.386. The normalized spacial score (nSPS) is 19.9.